The third-order valence-corrected chi connectivity index (χ3v) is 7.21. The molecule has 0 amide bonds. The van der Waals surface area contributed by atoms with Crippen molar-refractivity contribution in [3.05, 3.63) is 81.4 Å². The Bertz CT molecular complexity index is 1070. The molecule has 0 aromatic heterocycles. The first kappa shape index (κ1) is 21.5. The lowest BCUT2D eigenvalue weighted by Crippen LogP contribution is -2.34. The summed E-state index contributed by atoms with van der Waals surface area (Å²) < 4.78 is 4.78. The van der Waals surface area contributed by atoms with Gasteiger partial charge in [0.1, 0.15) is 0 Å². The number of carbonyl (C=O) groups excluding carboxylic acids is 2. The Labute approximate surface area is 185 Å². The minimum absolute atomic E-state index is 0.0216. The number of benzene rings is 2. The number of rotatable bonds is 5. The van der Waals surface area contributed by atoms with Gasteiger partial charge in [-0.25, -0.2) is 4.79 Å². The monoisotopic (exact) mass is 416 g/mol. The number of ether oxygens (including phenoxy) is 1. The van der Waals surface area contributed by atoms with E-state index in [-0.39, 0.29) is 16.6 Å². The standard InChI is InChI=1S/C28H32O3/c1-27(2)13-14-28(3,4)24-17-22(21(16-23(24)27)15-18-7-6-8-18)25(29)19-9-11-20(12-10-19)26(30)31-5/h7,9-12,16-17H,6,8,13-15H2,1-5H3. The van der Waals surface area contributed by atoms with Crippen LogP contribution in [0.5, 0.6) is 0 Å². The van der Waals surface area contributed by atoms with Gasteiger partial charge in [0.2, 0.25) is 0 Å². The molecule has 2 aromatic rings. The molecule has 2 aliphatic carbocycles. The van der Waals surface area contributed by atoms with Crippen LogP contribution in [0.4, 0.5) is 0 Å². The Morgan fingerprint density at radius 2 is 1.45 bits per heavy atom. The van der Waals surface area contributed by atoms with Crippen molar-refractivity contribution in [2.24, 2.45) is 0 Å². The SMILES string of the molecule is COC(=O)c1ccc(C(=O)c2cc3c(cc2CC2=CCC2)C(C)(C)CCC3(C)C)cc1. The van der Waals surface area contributed by atoms with Crippen molar-refractivity contribution < 1.29 is 14.3 Å². The number of carbonyl (C=O) groups is 2. The first-order chi connectivity index (χ1) is 14.6. The zero-order valence-electron chi connectivity index (χ0n) is 19.3. The number of esters is 1. The van der Waals surface area contributed by atoms with Crippen LogP contribution in [0.2, 0.25) is 0 Å². The number of fused-ring (bicyclic) bond motifs is 1. The van der Waals surface area contributed by atoms with Crippen molar-refractivity contribution in [3.8, 4) is 0 Å². The van der Waals surface area contributed by atoms with Crippen LogP contribution in [0.3, 0.4) is 0 Å². The highest BCUT2D eigenvalue weighted by molar-refractivity contribution is 6.10. The molecule has 0 aliphatic heterocycles. The summed E-state index contributed by atoms with van der Waals surface area (Å²) in [6, 6.07) is 11.3. The quantitative estimate of drug-likeness (QED) is 0.326. The van der Waals surface area contributed by atoms with Crippen LogP contribution < -0.4 is 0 Å². The number of hydrogen-bond acceptors (Lipinski definition) is 3. The first-order valence-corrected chi connectivity index (χ1v) is 11.2. The second-order valence-corrected chi connectivity index (χ2v) is 10.3. The molecule has 162 valence electrons. The summed E-state index contributed by atoms with van der Waals surface area (Å²) in [4.78, 5) is 25.4. The van der Waals surface area contributed by atoms with E-state index >= 15 is 0 Å². The summed E-state index contributed by atoms with van der Waals surface area (Å²) in [5.41, 5.74) is 7.22. The van der Waals surface area contributed by atoms with E-state index in [4.69, 9.17) is 4.74 Å². The van der Waals surface area contributed by atoms with Crippen LogP contribution >= 0.6 is 0 Å². The molecule has 2 aliphatic rings. The van der Waals surface area contributed by atoms with E-state index in [1.807, 2.05) is 0 Å². The smallest absolute Gasteiger partial charge is 0.337 e. The molecule has 0 spiro atoms. The van der Waals surface area contributed by atoms with Crippen molar-refractivity contribution in [1.82, 2.24) is 0 Å². The van der Waals surface area contributed by atoms with E-state index in [0.717, 1.165) is 43.2 Å². The molecule has 3 heteroatoms. The highest BCUT2D eigenvalue weighted by Crippen LogP contribution is 2.47. The summed E-state index contributed by atoms with van der Waals surface area (Å²) >= 11 is 0. The predicted molar refractivity (Wildman–Crippen MR) is 124 cm³/mol. The van der Waals surface area contributed by atoms with Gasteiger partial charge in [-0.3, -0.25) is 4.79 Å². The second-order valence-electron chi connectivity index (χ2n) is 10.3. The fraction of sp³-hybridized carbons (Fsp3) is 0.429. The molecule has 0 heterocycles. The molecule has 2 aromatic carbocycles. The maximum absolute atomic E-state index is 13.6. The minimum Gasteiger partial charge on any atom is -0.465 e. The van der Waals surface area contributed by atoms with Gasteiger partial charge in [0, 0.05) is 11.1 Å². The average Bonchev–Trinajstić information content (AvgIpc) is 2.72. The Balaban J connectivity index is 1.81. The fourth-order valence-corrected chi connectivity index (χ4v) is 4.80. The summed E-state index contributed by atoms with van der Waals surface area (Å²) in [6.07, 6.45) is 7.64. The predicted octanol–water partition coefficient (Wildman–Crippen LogP) is 6.32. The maximum Gasteiger partial charge on any atom is 0.337 e. The third-order valence-electron chi connectivity index (χ3n) is 7.21. The van der Waals surface area contributed by atoms with Gasteiger partial charge in [0.05, 0.1) is 12.7 Å². The van der Waals surface area contributed by atoms with Gasteiger partial charge in [0.15, 0.2) is 5.78 Å². The summed E-state index contributed by atoms with van der Waals surface area (Å²) in [6.45, 7) is 9.21. The Hall–Kier alpha value is -2.68. The summed E-state index contributed by atoms with van der Waals surface area (Å²) in [5.74, 6) is -0.373. The van der Waals surface area contributed by atoms with Gasteiger partial charge in [0.25, 0.3) is 0 Å². The molecule has 0 N–H and O–H groups in total. The number of ketones is 1. The molecule has 0 saturated heterocycles. The van der Waals surface area contributed by atoms with Crippen molar-refractivity contribution in [3.63, 3.8) is 0 Å². The van der Waals surface area contributed by atoms with Gasteiger partial charge >= 0.3 is 5.97 Å². The lowest BCUT2D eigenvalue weighted by Gasteiger charge is -2.42. The molecule has 4 rings (SSSR count). The minimum atomic E-state index is -0.394. The molecule has 0 unspecified atom stereocenters. The van der Waals surface area contributed by atoms with Crippen LogP contribution in [0.1, 0.15) is 96.3 Å². The molecule has 0 atom stereocenters. The summed E-state index contributed by atoms with van der Waals surface area (Å²) in [5, 5.41) is 0. The molecule has 3 nitrogen and oxygen atoms in total. The van der Waals surface area contributed by atoms with Gasteiger partial charge in [-0.1, -0.05) is 57.5 Å². The lowest BCUT2D eigenvalue weighted by molar-refractivity contribution is 0.0600. The first-order valence-electron chi connectivity index (χ1n) is 11.2. The molecular weight excluding hydrogens is 384 g/mol. The van der Waals surface area contributed by atoms with Crippen molar-refractivity contribution in [2.75, 3.05) is 7.11 Å². The molecular formula is C28H32O3. The maximum atomic E-state index is 13.6. The van der Waals surface area contributed by atoms with Gasteiger partial charge in [-0.2, -0.15) is 0 Å². The molecule has 0 fully saturated rings. The topological polar surface area (TPSA) is 43.4 Å². The van der Waals surface area contributed by atoms with E-state index in [9.17, 15) is 9.59 Å². The zero-order chi connectivity index (χ0) is 22.4. The van der Waals surface area contributed by atoms with Crippen molar-refractivity contribution in [2.45, 2.75) is 70.6 Å². The number of allylic oxidation sites excluding steroid dienone is 2. The molecule has 0 radical (unpaired) electrons. The normalized spacial score (nSPS) is 18.4. The number of hydrogen-bond donors (Lipinski definition) is 0. The largest absolute Gasteiger partial charge is 0.465 e. The number of methoxy groups -OCH3 is 1. The Morgan fingerprint density at radius 3 is 1.97 bits per heavy atom. The van der Waals surface area contributed by atoms with Crippen LogP contribution in [0.15, 0.2) is 48.0 Å². The van der Waals surface area contributed by atoms with E-state index in [2.05, 4.69) is 45.9 Å². The van der Waals surface area contributed by atoms with Gasteiger partial charge in [-0.15, -0.1) is 0 Å². The van der Waals surface area contributed by atoms with E-state index < -0.39 is 5.97 Å². The van der Waals surface area contributed by atoms with Gasteiger partial charge < -0.3 is 4.74 Å². The Morgan fingerprint density at radius 1 is 0.903 bits per heavy atom. The van der Waals surface area contributed by atoms with Crippen LogP contribution in [0, 0.1) is 0 Å². The highest BCUT2D eigenvalue weighted by atomic mass is 16.5. The Kier molecular flexibility index (Phi) is 5.41. The summed E-state index contributed by atoms with van der Waals surface area (Å²) in [7, 11) is 1.36. The highest BCUT2D eigenvalue weighted by Gasteiger charge is 2.38. The van der Waals surface area contributed by atoms with Crippen LogP contribution in [-0.2, 0) is 22.0 Å². The molecule has 0 bridgehead atoms. The molecule has 31 heavy (non-hydrogen) atoms. The van der Waals surface area contributed by atoms with Crippen LogP contribution in [-0.4, -0.2) is 18.9 Å². The lowest BCUT2D eigenvalue weighted by atomic mass is 9.62. The van der Waals surface area contributed by atoms with E-state index in [1.165, 1.54) is 23.8 Å². The average molecular weight is 417 g/mol. The van der Waals surface area contributed by atoms with Crippen molar-refractivity contribution >= 4 is 11.8 Å². The fourth-order valence-electron chi connectivity index (χ4n) is 4.80. The van der Waals surface area contributed by atoms with E-state index in [0.29, 0.717) is 11.1 Å². The molecule has 0 saturated carbocycles. The van der Waals surface area contributed by atoms with E-state index in [1.54, 1.807) is 24.3 Å². The second kappa shape index (κ2) is 7.78. The van der Waals surface area contributed by atoms with Crippen molar-refractivity contribution in [1.29, 1.82) is 0 Å². The third kappa shape index (κ3) is 3.98. The zero-order valence-corrected chi connectivity index (χ0v) is 19.3. The van der Waals surface area contributed by atoms with Crippen LogP contribution in [0.25, 0.3) is 0 Å². The van der Waals surface area contributed by atoms with Gasteiger partial charge in [-0.05, 0) is 77.8 Å².